The standard InChI is InChI=1S/C42H46FN9O6/c1-27-9-14-33-32(23-27)34(35(47-33)29-7-3-2-4-8-29)37(53)41(55)45-15-5-17-56-19-21-58-22-20-57-18-6-16-51-26-30(24-46-51)38-48-36-39(49-42(44)50-40(36)54)52(38)25-28-10-12-31(43)13-11-28/h2-4,7-14,24,26-27,47H,5-6,15-23,25H2,1H3,(H,45,55)(H3,44,49,50,54). The van der Waals surface area contributed by atoms with Crippen LogP contribution >= 0.6 is 0 Å². The number of nitrogens with two attached hydrogens (primary N) is 1. The number of nitrogen functional groups attached to an aromatic ring is 1. The van der Waals surface area contributed by atoms with Gasteiger partial charge in [0.25, 0.3) is 17.2 Å². The summed E-state index contributed by atoms with van der Waals surface area (Å²) in [4.78, 5) is 53.7. The molecule has 2 aromatic carbocycles. The molecule has 0 bridgehead atoms. The fraction of sp³-hybridized carbons (Fsp3) is 0.333. The number of fused-ring (bicyclic) bond motifs is 2. The van der Waals surface area contributed by atoms with E-state index in [9.17, 15) is 18.8 Å². The number of halogens is 1. The third-order valence-electron chi connectivity index (χ3n) is 9.69. The number of aromatic nitrogens is 7. The van der Waals surface area contributed by atoms with Gasteiger partial charge in [-0.1, -0.05) is 55.5 Å². The number of nitrogens with one attached hydrogen (secondary N) is 3. The number of Topliss-reactive ketones (excluding diaryl/α,β-unsaturated/α-hetero) is 1. The number of hydrogen-bond acceptors (Lipinski definition) is 10. The van der Waals surface area contributed by atoms with Crippen molar-refractivity contribution in [3.63, 3.8) is 0 Å². The summed E-state index contributed by atoms with van der Waals surface area (Å²) < 4.78 is 34.1. The number of nitrogens with zero attached hydrogens (tertiary/aromatic N) is 5. The molecule has 6 aromatic rings. The maximum absolute atomic E-state index is 13.5. The van der Waals surface area contributed by atoms with Gasteiger partial charge in [-0.3, -0.25) is 24.0 Å². The minimum atomic E-state index is -0.626. The van der Waals surface area contributed by atoms with E-state index in [-0.39, 0.29) is 23.2 Å². The summed E-state index contributed by atoms with van der Waals surface area (Å²) in [6.45, 7) is 5.84. The molecule has 1 aliphatic rings. The summed E-state index contributed by atoms with van der Waals surface area (Å²) in [6.07, 6.45) is 9.55. The molecule has 0 aliphatic heterocycles. The average molecular weight is 792 g/mol. The van der Waals surface area contributed by atoms with Crippen LogP contribution in [-0.2, 0) is 38.5 Å². The van der Waals surface area contributed by atoms with E-state index in [1.165, 1.54) is 12.1 Å². The van der Waals surface area contributed by atoms with Crippen molar-refractivity contribution in [3.8, 4) is 22.6 Å². The van der Waals surface area contributed by atoms with E-state index in [1.54, 1.807) is 27.6 Å². The molecule has 16 heteroatoms. The minimum Gasteiger partial charge on any atom is -0.379 e. The van der Waals surface area contributed by atoms with Gasteiger partial charge in [-0.25, -0.2) is 9.37 Å². The number of carbonyl (C=O) groups excluding carboxylic acids is 2. The summed E-state index contributed by atoms with van der Waals surface area (Å²) >= 11 is 0. The van der Waals surface area contributed by atoms with Gasteiger partial charge >= 0.3 is 0 Å². The van der Waals surface area contributed by atoms with Crippen molar-refractivity contribution in [3.05, 3.63) is 112 Å². The van der Waals surface area contributed by atoms with Crippen LogP contribution in [0, 0.1) is 11.7 Å². The Morgan fingerprint density at radius 1 is 0.931 bits per heavy atom. The maximum Gasteiger partial charge on any atom is 0.292 e. The topological polar surface area (TPSA) is 197 Å². The van der Waals surface area contributed by atoms with E-state index in [0.29, 0.717) is 107 Å². The van der Waals surface area contributed by atoms with E-state index in [4.69, 9.17) is 19.9 Å². The van der Waals surface area contributed by atoms with Crippen LogP contribution in [0.25, 0.3) is 39.9 Å². The molecule has 1 unspecified atom stereocenters. The number of ketones is 1. The van der Waals surface area contributed by atoms with Crippen molar-refractivity contribution in [1.29, 1.82) is 0 Å². The van der Waals surface area contributed by atoms with Gasteiger partial charge in [-0.2, -0.15) is 10.1 Å². The van der Waals surface area contributed by atoms with Gasteiger partial charge in [-0.15, -0.1) is 0 Å². The van der Waals surface area contributed by atoms with Crippen molar-refractivity contribution in [2.45, 2.75) is 39.3 Å². The Morgan fingerprint density at radius 2 is 1.66 bits per heavy atom. The molecule has 1 aliphatic carbocycles. The number of imidazole rings is 1. The Morgan fingerprint density at radius 3 is 2.41 bits per heavy atom. The summed E-state index contributed by atoms with van der Waals surface area (Å²) in [5, 5.41) is 7.22. The molecule has 58 heavy (non-hydrogen) atoms. The lowest BCUT2D eigenvalue weighted by Gasteiger charge is -2.14. The average Bonchev–Trinajstić information content (AvgIpc) is 3.94. The molecule has 0 spiro atoms. The molecule has 5 N–H and O–H groups in total. The first-order valence-corrected chi connectivity index (χ1v) is 19.3. The van der Waals surface area contributed by atoms with Crippen molar-refractivity contribution in [2.24, 2.45) is 5.92 Å². The van der Waals surface area contributed by atoms with E-state index < -0.39 is 17.2 Å². The number of H-pyrrole nitrogens is 2. The van der Waals surface area contributed by atoms with Crippen molar-refractivity contribution < 1.29 is 28.2 Å². The number of amides is 1. The van der Waals surface area contributed by atoms with Gasteiger partial charge in [0.05, 0.1) is 56.0 Å². The molecule has 4 aromatic heterocycles. The maximum atomic E-state index is 13.5. The van der Waals surface area contributed by atoms with E-state index in [2.05, 4.69) is 43.4 Å². The van der Waals surface area contributed by atoms with Gasteiger partial charge in [-0.05, 0) is 60.1 Å². The van der Waals surface area contributed by atoms with Gasteiger partial charge in [0.15, 0.2) is 11.2 Å². The van der Waals surface area contributed by atoms with Gasteiger partial charge in [0, 0.05) is 38.2 Å². The number of allylic oxidation sites excluding steroid dienone is 1. The number of carbonyl (C=O) groups is 2. The molecule has 0 saturated carbocycles. The van der Waals surface area contributed by atoms with Crippen molar-refractivity contribution >= 4 is 34.9 Å². The Hall–Kier alpha value is -6.23. The molecule has 7 rings (SSSR count). The van der Waals surface area contributed by atoms with E-state index >= 15 is 0 Å². The zero-order chi connectivity index (χ0) is 40.4. The Bertz CT molecular complexity index is 2430. The normalized spacial score (nSPS) is 13.6. The van der Waals surface area contributed by atoms with Crippen LogP contribution in [-0.4, -0.2) is 92.2 Å². The SMILES string of the molecule is CC1C=Cc2[nH]c(-c3ccccc3)c(C(=O)C(=O)NCCCOCCOCCOCCCn3cc(-c4nc5c(=O)[nH]c(N)nc5n4Cc4ccc(F)cc4)cn3)c2C1. The Labute approximate surface area is 333 Å². The predicted molar refractivity (Wildman–Crippen MR) is 216 cm³/mol. The second-order valence-electron chi connectivity index (χ2n) is 14.1. The molecule has 302 valence electrons. The highest BCUT2D eigenvalue weighted by Gasteiger charge is 2.29. The number of anilines is 1. The van der Waals surface area contributed by atoms with Crippen LogP contribution in [0.3, 0.4) is 0 Å². The lowest BCUT2D eigenvalue weighted by molar-refractivity contribution is -0.117. The lowest BCUT2D eigenvalue weighted by Crippen LogP contribution is -2.33. The molecule has 1 amide bonds. The summed E-state index contributed by atoms with van der Waals surface area (Å²) in [5.41, 5.74) is 11.1. The zero-order valence-corrected chi connectivity index (χ0v) is 32.2. The summed E-state index contributed by atoms with van der Waals surface area (Å²) in [5.74, 6) is -0.775. The van der Waals surface area contributed by atoms with Crippen LogP contribution in [0.4, 0.5) is 10.3 Å². The first-order chi connectivity index (χ1) is 28.2. The number of ether oxygens (including phenoxy) is 3. The van der Waals surface area contributed by atoms with Gasteiger partial charge in [0.1, 0.15) is 11.6 Å². The first kappa shape index (κ1) is 40.0. The summed E-state index contributed by atoms with van der Waals surface area (Å²) in [7, 11) is 0. The fourth-order valence-electron chi connectivity index (χ4n) is 6.85. The highest BCUT2D eigenvalue weighted by atomic mass is 19.1. The number of aromatic amines is 2. The Kier molecular flexibility index (Phi) is 13.0. The molecule has 0 saturated heterocycles. The molecule has 4 heterocycles. The van der Waals surface area contributed by atoms with Gasteiger partial charge < -0.3 is 34.8 Å². The molecule has 0 fully saturated rings. The number of aryl methyl sites for hydroxylation is 1. The number of hydrogen-bond donors (Lipinski definition) is 4. The van der Waals surface area contributed by atoms with Crippen molar-refractivity contribution in [2.75, 3.05) is 51.9 Å². The number of benzene rings is 2. The molecule has 15 nitrogen and oxygen atoms in total. The van der Waals surface area contributed by atoms with Crippen molar-refractivity contribution in [1.82, 2.24) is 39.6 Å². The highest BCUT2D eigenvalue weighted by molar-refractivity contribution is 6.44. The fourth-order valence-corrected chi connectivity index (χ4v) is 6.85. The smallest absolute Gasteiger partial charge is 0.292 e. The van der Waals surface area contributed by atoms with Crippen LogP contribution in [0.1, 0.15) is 46.9 Å². The second-order valence-corrected chi connectivity index (χ2v) is 14.1. The number of rotatable bonds is 20. The molecular formula is C42H46FN9O6. The molecule has 1 atom stereocenters. The third kappa shape index (κ3) is 9.65. The first-order valence-electron chi connectivity index (χ1n) is 19.3. The quantitative estimate of drug-likeness (QED) is 0.0475. The summed E-state index contributed by atoms with van der Waals surface area (Å²) in [6, 6.07) is 15.7. The zero-order valence-electron chi connectivity index (χ0n) is 32.2. The van der Waals surface area contributed by atoms with E-state index in [1.807, 2.05) is 42.6 Å². The lowest BCUT2D eigenvalue weighted by atomic mass is 9.90. The van der Waals surface area contributed by atoms with Crippen LogP contribution in [0.15, 0.2) is 77.9 Å². The Balaban J connectivity index is 0.770. The highest BCUT2D eigenvalue weighted by Crippen LogP contribution is 2.34. The van der Waals surface area contributed by atoms with Crippen LogP contribution < -0.4 is 16.6 Å². The molecule has 0 radical (unpaired) electrons. The molecular weight excluding hydrogens is 746 g/mol. The van der Waals surface area contributed by atoms with Gasteiger partial charge in [0.2, 0.25) is 5.95 Å². The predicted octanol–water partition coefficient (Wildman–Crippen LogP) is 4.78. The monoisotopic (exact) mass is 791 g/mol. The third-order valence-corrected chi connectivity index (χ3v) is 9.69. The van der Waals surface area contributed by atoms with Crippen LogP contribution in [0.2, 0.25) is 0 Å². The van der Waals surface area contributed by atoms with E-state index in [0.717, 1.165) is 22.4 Å². The minimum absolute atomic E-state index is 0.0265. The largest absolute Gasteiger partial charge is 0.379 e. The van der Waals surface area contributed by atoms with Crippen LogP contribution in [0.5, 0.6) is 0 Å². The second kappa shape index (κ2) is 18.8.